The van der Waals surface area contributed by atoms with Gasteiger partial charge in [-0.2, -0.15) is 4.98 Å². The molecule has 1 unspecified atom stereocenters. The first-order valence-electron chi connectivity index (χ1n) is 6.19. The van der Waals surface area contributed by atoms with E-state index in [1.165, 1.54) is 11.3 Å². The molecule has 1 aromatic carbocycles. The number of nitrogens with zero attached hydrogens (tertiary/aromatic N) is 2. The highest BCUT2D eigenvalue weighted by Gasteiger charge is 2.35. The Hall–Kier alpha value is -2.74. The van der Waals surface area contributed by atoms with E-state index in [9.17, 15) is 4.79 Å². The lowest BCUT2D eigenvalue weighted by molar-refractivity contribution is 0.423. The molecule has 7 nitrogen and oxygen atoms in total. The average molecular weight is 299 g/mol. The molecule has 104 valence electrons. The molecule has 0 amide bonds. The number of aromatic nitrogens is 3. The van der Waals surface area contributed by atoms with Gasteiger partial charge >= 0.3 is 0 Å². The predicted molar refractivity (Wildman–Crippen MR) is 75.8 cm³/mol. The lowest BCUT2D eigenvalue weighted by Gasteiger charge is -2.20. The van der Waals surface area contributed by atoms with Crippen molar-refractivity contribution in [2.75, 3.05) is 0 Å². The standard InChI is InChI=1S/C13H9N5O2S/c14-16-13-15-12-9(21-13)7(6-4-2-1-3-5-6)8-10(19)17-18-11(8)20-12/h1-5,7,14H,(H2,17,18,19). The van der Waals surface area contributed by atoms with Gasteiger partial charge in [-0.15, -0.1) is 5.11 Å². The Morgan fingerprint density at radius 2 is 2.10 bits per heavy atom. The van der Waals surface area contributed by atoms with E-state index >= 15 is 0 Å². The summed E-state index contributed by atoms with van der Waals surface area (Å²) in [6, 6.07) is 9.66. The molecule has 0 saturated heterocycles. The number of rotatable bonds is 2. The summed E-state index contributed by atoms with van der Waals surface area (Å²) in [5.74, 6) is 0.485. The summed E-state index contributed by atoms with van der Waals surface area (Å²) >= 11 is 1.26. The molecule has 1 atom stereocenters. The molecule has 0 aliphatic carbocycles. The van der Waals surface area contributed by atoms with Crippen molar-refractivity contribution in [3.05, 3.63) is 56.7 Å². The topological polar surface area (TPSA) is 107 Å². The molecule has 0 spiro atoms. The summed E-state index contributed by atoms with van der Waals surface area (Å²) in [5, 5.41) is 8.93. The Balaban J connectivity index is 2.00. The predicted octanol–water partition coefficient (Wildman–Crippen LogP) is 3.11. The maximum atomic E-state index is 12.1. The van der Waals surface area contributed by atoms with Gasteiger partial charge in [-0.3, -0.25) is 15.0 Å². The van der Waals surface area contributed by atoms with Crippen molar-refractivity contribution in [3.63, 3.8) is 0 Å². The molecular formula is C13H9N5O2S. The lowest BCUT2D eigenvalue weighted by atomic mass is 9.90. The van der Waals surface area contributed by atoms with Gasteiger partial charge in [0.15, 0.2) is 0 Å². The maximum Gasteiger partial charge on any atom is 0.272 e. The number of aromatic amines is 2. The zero-order valence-electron chi connectivity index (χ0n) is 10.6. The molecule has 3 heterocycles. The zero-order chi connectivity index (χ0) is 14.4. The first-order valence-corrected chi connectivity index (χ1v) is 7.01. The van der Waals surface area contributed by atoms with Crippen LogP contribution >= 0.6 is 11.3 Å². The minimum atomic E-state index is -0.270. The molecule has 2 aromatic heterocycles. The zero-order valence-corrected chi connectivity index (χ0v) is 11.4. The molecule has 0 bridgehead atoms. The second kappa shape index (κ2) is 4.38. The van der Waals surface area contributed by atoms with Gasteiger partial charge in [-0.25, -0.2) is 5.53 Å². The summed E-state index contributed by atoms with van der Waals surface area (Å²) in [4.78, 5) is 17.0. The van der Waals surface area contributed by atoms with E-state index in [2.05, 4.69) is 20.3 Å². The van der Waals surface area contributed by atoms with Crippen LogP contribution in [0.2, 0.25) is 0 Å². The minimum Gasteiger partial charge on any atom is -0.419 e. The van der Waals surface area contributed by atoms with Gasteiger partial charge in [0.2, 0.25) is 16.9 Å². The third-order valence-electron chi connectivity index (χ3n) is 3.37. The molecule has 3 aromatic rings. The van der Waals surface area contributed by atoms with Crippen LogP contribution in [-0.4, -0.2) is 15.2 Å². The number of thiazole rings is 1. The summed E-state index contributed by atoms with van der Waals surface area (Å²) in [6.45, 7) is 0. The van der Waals surface area contributed by atoms with Crippen molar-refractivity contribution in [2.24, 2.45) is 5.11 Å². The van der Waals surface area contributed by atoms with Crippen LogP contribution in [0.4, 0.5) is 5.13 Å². The Morgan fingerprint density at radius 3 is 2.86 bits per heavy atom. The summed E-state index contributed by atoms with van der Waals surface area (Å²) in [5.41, 5.74) is 8.37. The summed E-state index contributed by atoms with van der Waals surface area (Å²) in [6.07, 6.45) is 0. The fourth-order valence-electron chi connectivity index (χ4n) is 2.50. The van der Waals surface area contributed by atoms with E-state index in [1.807, 2.05) is 30.3 Å². The van der Waals surface area contributed by atoms with Crippen LogP contribution in [0, 0.1) is 5.53 Å². The van der Waals surface area contributed by atoms with Gasteiger partial charge in [-0.05, 0) is 5.56 Å². The number of fused-ring (bicyclic) bond motifs is 2. The third kappa shape index (κ3) is 1.73. The Kier molecular flexibility index (Phi) is 2.51. The molecule has 0 saturated carbocycles. The van der Waals surface area contributed by atoms with Gasteiger partial charge in [0.25, 0.3) is 5.56 Å². The van der Waals surface area contributed by atoms with Crippen LogP contribution in [0.3, 0.4) is 0 Å². The Labute approximate surface area is 122 Å². The average Bonchev–Trinajstić information content (AvgIpc) is 3.09. The number of hydrogen-bond acceptors (Lipinski definition) is 6. The van der Waals surface area contributed by atoms with Crippen molar-refractivity contribution in [1.29, 1.82) is 5.53 Å². The SMILES string of the molecule is N=Nc1nc2c(s1)C(c1ccccc1)c1c([nH][nH]c1=O)O2. The first-order chi connectivity index (χ1) is 10.3. The minimum absolute atomic E-state index is 0.220. The largest absolute Gasteiger partial charge is 0.419 e. The summed E-state index contributed by atoms with van der Waals surface area (Å²) < 4.78 is 5.60. The van der Waals surface area contributed by atoms with E-state index in [1.54, 1.807) is 0 Å². The molecule has 0 radical (unpaired) electrons. The van der Waals surface area contributed by atoms with Crippen molar-refractivity contribution in [1.82, 2.24) is 15.2 Å². The highest BCUT2D eigenvalue weighted by molar-refractivity contribution is 7.15. The Bertz CT molecular complexity index is 880. The number of H-pyrrole nitrogens is 2. The van der Waals surface area contributed by atoms with Crippen molar-refractivity contribution >= 4 is 16.5 Å². The van der Waals surface area contributed by atoms with Crippen LogP contribution in [0.15, 0.2) is 40.2 Å². The van der Waals surface area contributed by atoms with Gasteiger partial charge in [0.1, 0.15) is 0 Å². The molecule has 1 aliphatic rings. The van der Waals surface area contributed by atoms with Crippen molar-refractivity contribution in [2.45, 2.75) is 5.92 Å². The maximum absolute atomic E-state index is 12.1. The fourth-order valence-corrected chi connectivity index (χ4v) is 3.41. The number of benzene rings is 1. The highest BCUT2D eigenvalue weighted by atomic mass is 32.1. The van der Waals surface area contributed by atoms with Gasteiger partial charge in [0.05, 0.1) is 16.4 Å². The van der Waals surface area contributed by atoms with Gasteiger partial charge in [-0.1, -0.05) is 41.7 Å². The van der Waals surface area contributed by atoms with E-state index < -0.39 is 0 Å². The van der Waals surface area contributed by atoms with Gasteiger partial charge < -0.3 is 4.74 Å². The monoisotopic (exact) mass is 299 g/mol. The van der Waals surface area contributed by atoms with Crippen LogP contribution in [-0.2, 0) is 0 Å². The smallest absolute Gasteiger partial charge is 0.272 e. The first kappa shape index (κ1) is 12.0. The highest BCUT2D eigenvalue weighted by Crippen LogP contribution is 2.48. The van der Waals surface area contributed by atoms with E-state index in [0.29, 0.717) is 22.5 Å². The second-order valence-corrected chi connectivity index (χ2v) is 5.55. The quantitative estimate of drug-likeness (QED) is 0.495. The van der Waals surface area contributed by atoms with E-state index in [4.69, 9.17) is 10.3 Å². The normalized spacial score (nSPS) is 15.9. The number of nitrogens with one attached hydrogen (secondary N) is 3. The summed E-state index contributed by atoms with van der Waals surface area (Å²) in [7, 11) is 0. The molecule has 3 N–H and O–H groups in total. The molecular weight excluding hydrogens is 290 g/mol. The Morgan fingerprint density at radius 1 is 1.29 bits per heavy atom. The van der Waals surface area contributed by atoms with E-state index in [-0.39, 0.29) is 11.5 Å². The van der Waals surface area contributed by atoms with Crippen molar-refractivity contribution < 1.29 is 4.74 Å². The number of ether oxygens (including phenoxy) is 1. The van der Waals surface area contributed by atoms with Crippen LogP contribution < -0.4 is 10.3 Å². The van der Waals surface area contributed by atoms with Crippen LogP contribution in [0.5, 0.6) is 11.8 Å². The number of hydrogen-bond donors (Lipinski definition) is 3. The molecule has 0 fully saturated rings. The molecule has 1 aliphatic heterocycles. The molecule has 21 heavy (non-hydrogen) atoms. The van der Waals surface area contributed by atoms with Crippen molar-refractivity contribution in [3.8, 4) is 11.8 Å². The second-order valence-electron chi connectivity index (χ2n) is 4.55. The lowest BCUT2D eigenvalue weighted by Crippen LogP contribution is -2.16. The van der Waals surface area contributed by atoms with Crippen LogP contribution in [0.1, 0.15) is 21.9 Å². The molecule has 8 heteroatoms. The van der Waals surface area contributed by atoms with E-state index in [0.717, 1.165) is 10.4 Å². The van der Waals surface area contributed by atoms with Gasteiger partial charge in [0, 0.05) is 0 Å². The fraction of sp³-hybridized carbons (Fsp3) is 0.0769. The third-order valence-corrected chi connectivity index (χ3v) is 4.36. The van der Waals surface area contributed by atoms with Crippen LogP contribution in [0.25, 0.3) is 0 Å². The molecule has 4 rings (SSSR count).